The molecule has 0 aliphatic rings. The van der Waals surface area contributed by atoms with Crippen LogP contribution in [-0.4, -0.2) is 30.8 Å². The molecule has 0 unspecified atom stereocenters. The third-order valence-corrected chi connectivity index (χ3v) is 5.86. The van der Waals surface area contributed by atoms with Crippen LogP contribution in [0.3, 0.4) is 0 Å². The molecule has 2 aromatic heterocycles. The smallest absolute Gasteiger partial charge is 0.120 e. The van der Waals surface area contributed by atoms with Crippen molar-refractivity contribution in [3.8, 4) is 22.3 Å². The van der Waals surface area contributed by atoms with E-state index in [9.17, 15) is 0 Å². The molecule has 0 fully saturated rings. The van der Waals surface area contributed by atoms with Gasteiger partial charge in [0.25, 0.3) is 0 Å². The van der Waals surface area contributed by atoms with Crippen molar-refractivity contribution in [3.63, 3.8) is 0 Å². The van der Waals surface area contributed by atoms with Gasteiger partial charge in [-0.2, -0.15) is 30.8 Å². The zero-order chi connectivity index (χ0) is 20.1. The van der Waals surface area contributed by atoms with Gasteiger partial charge in [0.2, 0.25) is 0 Å². The average Bonchev–Trinajstić information content (AvgIpc) is 3.41. The van der Waals surface area contributed by atoms with Gasteiger partial charge in [-0.15, -0.1) is 0 Å². The summed E-state index contributed by atoms with van der Waals surface area (Å²) in [6.07, 6.45) is 1.93. The Morgan fingerprint density at radius 1 is 0.690 bits per heavy atom. The number of rotatable bonds is 3. The molecular weight excluding hydrogens is 360 g/mol. The second-order valence-corrected chi connectivity index (χ2v) is 7.24. The zero-order valence-corrected chi connectivity index (χ0v) is 16.5. The zero-order valence-electron chi connectivity index (χ0n) is 16.5. The second kappa shape index (κ2) is 6.38. The predicted octanol–water partition coefficient (Wildman–Crippen LogP) is 5.13. The van der Waals surface area contributed by atoms with Crippen molar-refractivity contribution in [1.82, 2.24) is 30.8 Å². The van der Waals surface area contributed by atoms with Gasteiger partial charge in [0, 0.05) is 11.1 Å². The highest BCUT2D eigenvalue weighted by molar-refractivity contribution is 6.05. The Bertz CT molecular complexity index is 1410. The molecule has 0 bridgehead atoms. The maximum absolute atomic E-state index is 4.43. The number of hydrogen-bond donors (Lipinski definition) is 2. The van der Waals surface area contributed by atoms with Crippen molar-refractivity contribution < 1.29 is 0 Å². The summed E-state index contributed by atoms with van der Waals surface area (Å²) in [4.78, 5) is 0. The molecule has 0 aliphatic carbocycles. The molecule has 5 rings (SSSR count). The van der Waals surface area contributed by atoms with Crippen molar-refractivity contribution in [2.75, 3.05) is 0 Å². The van der Waals surface area contributed by atoms with E-state index in [1.807, 2.05) is 30.3 Å². The van der Waals surface area contributed by atoms with Crippen molar-refractivity contribution >= 4 is 28.1 Å². The van der Waals surface area contributed by atoms with E-state index in [2.05, 4.69) is 70.3 Å². The molecule has 5 aromatic rings. The first kappa shape index (κ1) is 17.3. The van der Waals surface area contributed by atoms with E-state index in [4.69, 9.17) is 0 Å². The van der Waals surface area contributed by atoms with E-state index >= 15 is 0 Å². The van der Waals surface area contributed by atoms with E-state index in [0.29, 0.717) is 0 Å². The topological polar surface area (TPSA) is 83.1 Å². The summed E-state index contributed by atoms with van der Waals surface area (Å²) in [6, 6.07) is 12.1. The van der Waals surface area contributed by atoms with Crippen molar-refractivity contribution in [1.29, 1.82) is 0 Å². The highest BCUT2D eigenvalue weighted by Gasteiger charge is 2.23. The van der Waals surface area contributed by atoms with Crippen molar-refractivity contribution in [2.24, 2.45) is 0 Å². The number of aromatic amines is 2. The highest BCUT2D eigenvalue weighted by atomic mass is 15.3. The Hall–Kier alpha value is -3.80. The van der Waals surface area contributed by atoms with Gasteiger partial charge in [-0.05, 0) is 66.3 Å². The summed E-state index contributed by atoms with van der Waals surface area (Å²) in [6.45, 7) is 10.6. The first-order valence-corrected chi connectivity index (χ1v) is 9.47. The monoisotopic (exact) mass is 380 g/mol. The molecule has 0 saturated heterocycles. The molecule has 0 atom stereocenters. The fourth-order valence-electron chi connectivity index (χ4n) is 4.19. The first-order chi connectivity index (χ1) is 14.1. The third kappa shape index (κ3) is 2.42. The number of fused-ring (bicyclic) bond motifs is 2. The van der Waals surface area contributed by atoms with Crippen LogP contribution in [0.15, 0.2) is 43.0 Å². The molecule has 6 heteroatoms. The van der Waals surface area contributed by atoms with Crippen LogP contribution in [0.2, 0.25) is 0 Å². The summed E-state index contributed by atoms with van der Waals surface area (Å²) in [5.74, 6) is 0. The van der Waals surface area contributed by atoms with Gasteiger partial charge in [-0.3, -0.25) is 0 Å². The predicted molar refractivity (Wildman–Crippen MR) is 117 cm³/mol. The van der Waals surface area contributed by atoms with E-state index < -0.39 is 0 Å². The molecule has 0 saturated carbocycles. The largest absolute Gasteiger partial charge is 0.197 e. The molecular formula is C23H20N6. The van der Waals surface area contributed by atoms with Crippen molar-refractivity contribution in [3.05, 3.63) is 65.2 Å². The number of nitrogens with zero attached hydrogens (tertiary/aromatic N) is 4. The lowest BCUT2D eigenvalue weighted by Crippen LogP contribution is -2.01. The third-order valence-electron chi connectivity index (χ3n) is 5.86. The number of aromatic nitrogens is 6. The van der Waals surface area contributed by atoms with Crippen LogP contribution in [0.25, 0.3) is 50.4 Å². The molecule has 3 aromatic carbocycles. The summed E-state index contributed by atoms with van der Waals surface area (Å²) in [5, 5.41) is 22.9. The van der Waals surface area contributed by atoms with Crippen LogP contribution in [0.4, 0.5) is 0 Å². The van der Waals surface area contributed by atoms with Gasteiger partial charge in [0.1, 0.15) is 22.1 Å². The number of para-hydroxylation sites is 2. The van der Waals surface area contributed by atoms with Crippen LogP contribution in [0, 0.1) is 20.8 Å². The average molecular weight is 380 g/mol. The molecule has 0 spiro atoms. The highest BCUT2D eigenvalue weighted by Crippen LogP contribution is 2.44. The van der Waals surface area contributed by atoms with E-state index in [-0.39, 0.29) is 0 Å². The van der Waals surface area contributed by atoms with Gasteiger partial charge in [0.05, 0.1) is 0 Å². The minimum atomic E-state index is 0.832. The van der Waals surface area contributed by atoms with Gasteiger partial charge >= 0.3 is 0 Å². The van der Waals surface area contributed by atoms with Crippen LogP contribution in [0.5, 0.6) is 0 Å². The second-order valence-electron chi connectivity index (χ2n) is 7.24. The molecule has 0 radical (unpaired) electrons. The SMILES string of the molecule is C=Cc1c(C)c(C)c(C)c(-c2cccc3n[nH]nc23)c1-c1cccc2n[nH]nc12. The lowest BCUT2D eigenvalue weighted by molar-refractivity contribution is 0.959. The maximum Gasteiger partial charge on any atom is 0.120 e. The molecule has 0 aliphatic heterocycles. The molecule has 0 amide bonds. The minimum absolute atomic E-state index is 0.832. The van der Waals surface area contributed by atoms with E-state index in [1.54, 1.807) is 0 Å². The Kier molecular flexibility index (Phi) is 3.81. The molecule has 6 nitrogen and oxygen atoms in total. The first-order valence-electron chi connectivity index (χ1n) is 9.47. The summed E-state index contributed by atoms with van der Waals surface area (Å²) < 4.78 is 0. The lowest BCUT2D eigenvalue weighted by atomic mass is 9.81. The van der Waals surface area contributed by atoms with Crippen LogP contribution >= 0.6 is 0 Å². The number of H-pyrrole nitrogens is 2. The quantitative estimate of drug-likeness (QED) is 0.454. The van der Waals surface area contributed by atoms with Gasteiger partial charge in [0.15, 0.2) is 0 Å². The molecule has 2 N–H and O–H groups in total. The lowest BCUT2D eigenvalue weighted by Gasteiger charge is -2.22. The molecule has 142 valence electrons. The number of benzene rings is 3. The minimum Gasteiger partial charge on any atom is -0.197 e. The Morgan fingerprint density at radius 3 is 1.79 bits per heavy atom. The Labute approximate surface area is 167 Å². The van der Waals surface area contributed by atoms with Gasteiger partial charge in [-0.1, -0.05) is 36.9 Å². The molecule has 2 heterocycles. The Morgan fingerprint density at radius 2 is 1.24 bits per heavy atom. The van der Waals surface area contributed by atoms with Crippen molar-refractivity contribution in [2.45, 2.75) is 20.8 Å². The number of hydrogen-bond acceptors (Lipinski definition) is 4. The van der Waals surface area contributed by atoms with E-state index in [1.165, 1.54) is 16.7 Å². The van der Waals surface area contributed by atoms with Crippen LogP contribution in [0.1, 0.15) is 22.3 Å². The van der Waals surface area contributed by atoms with Gasteiger partial charge in [-0.25, -0.2) is 0 Å². The Balaban J connectivity index is 2.01. The fourth-order valence-corrected chi connectivity index (χ4v) is 4.19. The fraction of sp³-hybridized carbons (Fsp3) is 0.130. The summed E-state index contributed by atoms with van der Waals surface area (Å²) in [5.41, 5.74) is 12.4. The summed E-state index contributed by atoms with van der Waals surface area (Å²) in [7, 11) is 0. The maximum atomic E-state index is 4.43. The number of nitrogens with one attached hydrogen (secondary N) is 2. The van der Waals surface area contributed by atoms with Crippen LogP contribution < -0.4 is 0 Å². The standard InChI is InChI=1S/C23H20N6/c1-5-15-13(3)12(2)14(4)20(16-8-6-10-18-22(16)26-28-24-18)21(15)17-9-7-11-19-23(17)27-29-25-19/h5-11H,1H2,2-4H3,(H,24,26,28)(H,25,27,29). The van der Waals surface area contributed by atoms with Gasteiger partial charge < -0.3 is 0 Å². The normalized spacial score (nSPS) is 11.4. The molecule has 29 heavy (non-hydrogen) atoms. The van der Waals surface area contributed by atoms with E-state index in [0.717, 1.165) is 49.9 Å². The summed E-state index contributed by atoms with van der Waals surface area (Å²) >= 11 is 0. The van der Waals surface area contributed by atoms with Crippen LogP contribution in [-0.2, 0) is 0 Å².